The molecule has 0 aliphatic carbocycles. The number of aryl methyl sites for hydroxylation is 2. The summed E-state index contributed by atoms with van der Waals surface area (Å²) in [6, 6.07) is 2.55. The molecular formula is C16H30N4O. The number of aliphatic hydroxyl groups is 1. The second-order valence-electron chi connectivity index (χ2n) is 6.43. The van der Waals surface area contributed by atoms with Gasteiger partial charge in [0.15, 0.2) is 0 Å². The summed E-state index contributed by atoms with van der Waals surface area (Å²) in [6.07, 6.45) is 2.27. The fourth-order valence-electron chi connectivity index (χ4n) is 3.05. The number of hydrogen-bond acceptors (Lipinski definition) is 4. The minimum Gasteiger partial charge on any atom is -0.396 e. The van der Waals surface area contributed by atoms with Crippen LogP contribution >= 0.6 is 0 Å². The van der Waals surface area contributed by atoms with Gasteiger partial charge in [0.2, 0.25) is 0 Å². The zero-order valence-electron chi connectivity index (χ0n) is 13.7. The molecule has 0 saturated carbocycles. The summed E-state index contributed by atoms with van der Waals surface area (Å²) in [4.78, 5) is 2.50. The maximum atomic E-state index is 9.15. The number of piperidine rings is 1. The van der Waals surface area contributed by atoms with E-state index >= 15 is 0 Å². The van der Waals surface area contributed by atoms with Crippen molar-refractivity contribution in [2.75, 3.05) is 32.8 Å². The van der Waals surface area contributed by atoms with Gasteiger partial charge in [-0.2, -0.15) is 5.10 Å². The highest BCUT2D eigenvalue weighted by Gasteiger charge is 2.18. The van der Waals surface area contributed by atoms with E-state index in [1.54, 1.807) is 0 Å². The maximum absolute atomic E-state index is 9.15. The predicted octanol–water partition coefficient (Wildman–Crippen LogP) is 1.18. The standard InChI is InChI=1S/C16H30N4O/c1-13-10-15(3)20(18-13)11-14(2)17-6-9-19-7-4-16(12-21)5-8-19/h10,14,16-17,21H,4-9,11-12H2,1-3H3/t14-/m0/s1. The fourth-order valence-corrected chi connectivity index (χ4v) is 3.05. The van der Waals surface area contributed by atoms with Crippen LogP contribution in [0.1, 0.15) is 31.2 Å². The summed E-state index contributed by atoms with van der Waals surface area (Å²) in [5, 5.41) is 17.2. The lowest BCUT2D eigenvalue weighted by atomic mass is 9.98. The molecule has 2 heterocycles. The third kappa shape index (κ3) is 5.09. The highest BCUT2D eigenvalue weighted by Crippen LogP contribution is 2.15. The molecule has 0 unspecified atom stereocenters. The summed E-state index contributed by atoms with van der Waals surface area (Å²) in [6.45, 7) is 12.0. The third-order valence-electron chi connectivity index (χ3n) is 4.44. The van der Waals surface area contributed by atoms with Gasteiger partial charge in [-0.25, -0.2) is 0 Å². The molecule has 0 bridgehead atoms. The number of likely N-dealkylation sites (tertiary alicyclic amines) is 1. The smallest absolute Gasteiger partial charge is 0.0596 e. The van der Waals surface area contributed by atoms with Crippen molar-refractivity contribution < 1.29 is 5.11 Å². The van der Waals surface area contributed by atoms with E-state index < -0.39 is 0 Å². The van der Waals surface area contributed by atoms with Crippen LogP contribution in [0, 0.1) is 19.8 Å². The largest absolute Gasteiger partial charge is 0.396 e. The summed E-state index contributed by atoms with van der Waals surface area (Å²) in [5.74, 6) is 0.527. The van der Waals surface area contributed by atoms with Gasteiger partial charge >= 0.3 is 0 Å². The molecule has 1 aliphatic rings. The fraction of sp³-hybridized carbons (Fsp3) is 0.812. The molecular weight excluding hydrogens is 264 g/mol. The Hall–Kier alpha value is -0.910. The van der Waals surface area contributed by atoms with E-state index in [4.69, 9.17) is 5.11 Å². The van der Waals surface area contributed by atoms with Crippen molar-refractivity contribution >= 4 is 0 Å². The molecule has 0 radical (unpaired) electrons. The number of aromatic nitrogens is 2. The first kappa shape index (κ1) is 16.5. The second-order valence-corrected chi connectivity index (χ2v) is 6.43. The lowest BCUT2D eigenvalue weighted by Crippen LogP contribution is -2.41. The van der Waals surface area contributed by atoms with Crippen LogP contribution in [-0.2, 0) is 6.54 Å². The highest BCUT2D eigenvalue weighted by atomic mass is 16.3. The molecule has 1 atom stereocenters. The summed E-state index contributed by atoms with van der Waals surface area (Å²) in [5.41, 5.74) is 2.32. The van der Waals surface area contributed by atoms with E-state index in [1.807, 2.05) is 6.92 Å². The Morgan fingerprint density at radius 1 is 1.38 bits per heavy atom. The quantitative estimate of drug-likeness (QED) is 0.793. The Morgan fingerprint density at radius 3 is 2.67 bits per heavy atom. The van der Waals surface area contributed by atoms with E-state index in [1.165, 1.54) is 5.69 Å². The number of nitrogens with one attached hydrogen (secondary N) is 1. The first-order valence-corrected chi connectivity index (χ1v) is 8.16. The van der Waals surface area contributed by atoms with Gasteiger partial charge in [0.1, 0.15) is 0 Å². The summed E-state index contributed by atoms with van der Waals surface area (Å²) in [7, 11) is 0. The minimum atomic E-state index is 0.353. The van der Waals surface area contributed by atoms with Crippen LogP contribution in [0.25, 0.3) is 0 Å². The Labute approximate surface area is 128 Å². The molecule has 0 amide bonds. The zero-order chi connectivity index (χ0) is 15.2. The second kappa shape index (κ2) is 7.92. The van der Waals surface area contributed by atoms with Crippen molar-refractivity contribution in [2.45, 2.75) is 46.2 Å². The molecule has 120 valence electrons. The normalized spacial score (nSPS) is 19.0. The van der Waals surface area contributed by atoms with Gasteiger partial charge in [-0.3, -0.25) is 4.68 Å². The van der Waals surface area contributed by atoms with Crippen molar-refractivity contribution in [3.8, 4) is 0 Å². The van der Waals surface area contributed by atoms with E-state index in [9.17, 15) is 0 Å². The van der Waals surface area contributed by atoms with Crippen molar-refractivity contribution in [1.29, 1.82) is 0 Å². The number of aliphatic hydroxyl groups excluding tert-OH is 1. The Kier molecular flexibility index (Phi) is 6.21. The van der Waals surface area contributed by atoms with Gasteiger partial charge in [0.25, 0.3) is 0 Å². The zero-order valence-corrected chi connectivity index (χ0v) is 13.7. The van der Waals surface area contributed by atoms with E-state index in [0.717, 1.165) is 51.3 Å². The topological polar surface area (TPSA) is 53.3 Å². The number of hydrogen-bond donors (Lipinski definition) is 2. The van der Waals surface area contributed by atoms with Crippen molar-refractivity contribution in [2.24, 2.45) is 5.92 Å². The molecule has 21 heavy (non-hydrogen) atoms. The van der Waals surface area contributed by atoms with E-state index in [-0.39, 0.29) is 0 Å². The minimum absolute atomic E-state index is 0.353. The molecule has 1 saturated heterocycles. The number of nitrogens with zero attached hydrogens (tertiary/aromatic N) is 3. The summed E-state index contributed by atoms with van der Waals surface area (Å²) < 4.78 is 2.08. The summed E-state index contributed by atoms with van der Waals surface area (Å²) >= 11 is 0. The van der Waals surface area contributed by atoms with Crippen LogP contribution in [0.5, 0.6) is 0 Å². The van der Waals surface area contributed by atoms with Crippen molar-refractivity contribution in [1.82, 2.24) is 20.0 Å². The predicted molar refractivity (Wildman–Crippen MR) is 85.4 cm³/mol. The molecule has 1 aromatic rings. The highest BCUT2D eigenvalue weighted by molar-refractivity contribution is 5.06. The van der Waals surface area contributed by atoms with Crippen LogP contribution in [0.15, 0.2) is 6.07 Å². The molecule has 1 aliphatic heterocycles. The molecule has 0 aromatic carbocycles. The average Bonchev–Trinajstić information content (AvgIpc) is 2.77. The van der Waals surface area contributed by atoms with Crippen LogP contribution in [0.2, 0.25) is 0 Å². The lowest BCUT2D eigenvalue weighted by Gasteiger charge is -2.31. The van der Waals surface area contributed by atoms with Gasteiger partial charge in [-0.1, -0.05) is 0 Å². The van der Waals surface area contributed by atoms with Gasteiger partial charge in [0.05, 0.1) is 12.2 Å². The van der Waals surface area contributed by atoms with Crippen LogP contribution in [0.3, 0.4) is 0 Å². The van der Waals surface area contributed by atoms with E-state index in [0.29, 0.717) is 18.6 Å². The average molecular weight is 294 g/mol. The van der Waals surface area contributed by atoms with Crippen molar-refractivity contribution in [3.05, 3.63) is 17.5 Å². The van der Waals surface area contributed by atoms with Gasteiger partial charge in [-0.15, -0.1) is 0 Å². The molecule has 1 fully saturated rings. The van der Waals surface area contributed by atoms with Crippen LogP contribution < -0.4 is 5.32 Å². The third-order valence-corrected chi connectivity index (χ3v) is 4.44. The molecule has 5 heteroatoms. The monoisotopic (exact) mass is 294 g/mol. The molecule has 2 N–H and O–H groups in total. The van der Waals surface area contributed by atoms with Crippen LogP contribution in [-0.4, -0.2) is 58.6 Å². The van der Waals surface area contributed by atoms with Gasteiger partial charge in [0, 0.05) is 31.4 Å². The first-order valence-electron chi connectivity index (χ1n) is 8.16. The number of rotatable bonds is 7. The van der Waals surface area contributed by atoms with Crippen LogP contribution in [0.4, 0.5) is 0 Å². The maximum Gasteiger partial charge on any atom is 0.0596 e. The molecule has 1 aromatic heterocycles. The van der Waals surface area contributed by atoms with Gasteiger partial charge < -0.3 is 15.3 Å². The first-order chi connectivity index (χ1) is 10.1. The Balaban J connectivity index is 1.63. The van der Waals surface area contributed by atoms with E-state index in [2.05, 4.69) is 39.9 Å². The molecule has 2 rings (SSSR count). The van der Waals surface area contributed by atoms with Gasteiger partial charge in [-0.05, 0) is 58.7 Å². The molecule has 5 nitrogen and oxygen atoms in total. The SMILES string of the molecule is Cc1cc(C)n(C[C@H](C)NCCN2CCC(CO)CC2)n1. The molecule has 0 spiro atoms. The Morgan fingerprint density at radius 2 is 2.10 bits per heavy atom. The van der Waals surface area contributed by atoms with Crippen molar-refractivity contribution in [3.63, 3.8) is 0 Å². The Bertz CT molecular complexity index is 424. The lowest BCUT2D eigenvalue weighted by molar-refractivity contribution is 0.131.